The topological polar surface area (TPSA) is 54.5 Å². The number of thiophene rings is 1. The summed E-state index contributed by atoms with van der Waals surface area (Å²) in [7, 11) is 0. The van der Waals surface area contributed by atoms with Gasteiger partial charge in [-0.05, 0) is 47.0 Å². The molecule has 5 aromatic rings. The molecule has 0 spiro atoms. The first-order valence-corrected chi connectivity index (χ1v) is 9.06. The SMILES string of the molecule is Cc1cscc1-c1c(F)cnc2[nH]c3cnc(-c4cccnc4)cc3c12. The number of fused-ring (bicyclic) bond motifs is 3. The average molecular weight is 360 g/mol. The Bertz CT molecular complexity index is 1260. The molecule has 1 N–H and O–H groups in total. The van der Waals surface area contributed by atoms with E-state index in [0.29, 0.717) is 11.2 Å². The lowest BCUT2D eigenvalue weighted by atomic mass is 10.0. The van der Waals surface area contributed by atoms with Crippen LogP contribution in [0.2, 0.25) is 0 Å². The molecule has 0 aliphatic rings. The monoisotopic (exact) mass is 360 g/mol. The summed E-state index contributed by atoms with van der Waals surface area (Å²) in [6, 6.07) is 5.80. The van der Waals surface area contributed by atoms with Gasteiger partial charge in [0, 0.05) is 34.3 Å². The Hall–Kier alpha value is -3.12. The summed E-state index contributed by atoms with van der Waals surface area (Å²) in [6.07, 6.45) is 6.54. The zero-order valence-corrected chi connectivity index (χ0v) is 14.6. The third-order valence-corrected chi connectivity index (χ3v) is 5.40. The normalized spacial score (nSPS) is 11.5. The number of aromatic nitrogens is 4. The number of aromatic amines is 1. The predicted molar refractivity (Wildman–Crippen MR) is 103 cm³/mol. The molecule has 5 rings (SSSR count). The van der Waals surface area contributed by atoms with Crippen molar-refractivity contribution < 1.29 is 4.39 Å². The van der Waals surface area contributed by atoms with Crippen LogP contribution in [0.4, 0.5) is 4.39 Å². The first kappa shape index (κ1) is 15.2. The summed E-state index contributed by atoms with van der Waals surface area (Å²) >= 11 is 1.57. The van der Waals surface area contributed by atoms with E-state index in [1.54, 1.807) is 29.9 Å². The molecular formula is C20H13FN4S. The van der Waals surface area contributed by atoms with Gasteiger partial charge >= 0.3 is 0 Å². The van der Waals surface area contributed by atoms with E-state index in [1.807, 2.05) is 35.9 Å². The molecule has 0 unspecified atom stereocenters. The number of rotatable bonds is 2. The highest BCUT2D eigenvalue weighted by atomic mass is 32.1. The minimum absolute atomic E-state index is 0.320. The van der Waals surface area contributed by atoms with E-state index in [2.05, 4.69) is 19.9 Å². The van der Waals surface area contributed by atoms with Crippen molar-refractivity contribution >= 4 is 33.3 Å². The number of aryl methyl sites for hydroxylation is 1. The van der Waals surface area contributed by atoms with Crippen molar-refractivity contribution in [2.75, 3.05) is 0 Å². The van der Waals surface area contributed by atoms with Gasteiger partial charge in [0.15, 0.2) is 0 Å². The summed E-state index contributed by atoms with van der Waals surface area (Å²) in [4.78, 5) is 16.2. The van der Waals surface area contributed by atoms with Crippen LogP contribution in [0.1, 0.15) is 5.56 Å². The molecule has 0 bridgehead atoms. The van der Waals surface area contributed by atoms with Gasteiger partial charge in [-0.25, -0.2) is 9.37 Å². The van der Waals surface area contributed by atoms with E-state index in [0.717, 1.165) is 38.7 Å². The lowest BCUT2D eigenvalue weighted by Crippen LogP contribution is -1.89. The molecule has 5 heterocycles. The summed E-state index contributed by atoms with van der Waals surface area (Å²) in [5, 5.41) is 5.70. The molecule has 126 valence electrons. The summed E-state index contributed by atoms with van der Waals surface area (Å²) in [5.74, 6) is -0.320. The van der Waals surface area contributed by atoms with Gasteiger partial charge in [0.1, 0.15) is 11.5 Å². The molecule has 0 atom stereocenters. The summed E-state index contributed by atoms with van der Waals surface area (Å²) in [5.41, 5.74) is 5.75. The van der Waals surface area contributed by atoms with Gasteiger partial charge in [-0.3, -0.25) is 9.97 Å². The van der Waals surface area contributed by atoms with E-state index in [-0.39, 0.29) is 5.82 Å². The van der Waals surface area contributed by atoms with E-state index >= 15 is 0 Å². The van der Waals surface area contributed by atoms with Crippen LogP contribution < -0.4 is 0 Å². The first-order valence-electron chi connectivity index (χ1n) is 8.12. The van der Waals surface area contributed by atoms with Gasteiger partial charge in [0.25, 0.3) is 0 Å². The van der Waals surface area contributed by atoms with Crippen molar-refractivity contribution in [2.24, 2.45) is 0 Å². The maximum Gasteiger partial charge on any atom is 0.150 e. The van der Waals surface area contributed by atoms with Crippen molar-refractivity contribution in [2.45, 2.75) is 6.92 Å². The van der Waals surface area contributed by atoms with Crippen molar-refractivity contribution in [3.8, 4) is 22.4 Å². The number of pyridine rings is 3. The maximum absolute atomic E-state index is 14.8. The second-order valence-electron chi connectivity index (χ2n) is 6.16. The quantitative estimate of drug-likeness (QED) is 0.462. The minimum Gasteiger partial charge on any atom is -0.338 e. The van der Waals surface area contributed by atoms with Crippen LogP contribution in [0.3, 0.4) is 0 Å². The number of hydrogen-bond donors (Lipinski definition) is 1. The molecule has 5 aromatic heterocycles. The standard InChI is InChI=1S/C20H13FN4S/c1-11-9-26-10-14(11)18-15(21)7-24-20-19(18)13-5-16(23-8-17(13)25-20)12-3-2-4-22-6-12/h2-10H,1H3,(H,24,25). The van der Waals surface area contributed by atoms with E-state index < -0.39 is 0 Å². The average Bonchev–Trinajstić information content (AvgIpc) is 3.25. The highest BCUT2D eigenvalue weighted by Gasteiger charge is 2.18. The highest BCUT2D eigenvalue weighted by Crippen LogP contribution is 2.38. The minimum atomic E-state index is -0.320. The van der Waals surface area contributed by atoms with Gasteiger partial charge in [-0.15, -0.1) is 0 Å². The fourth-order valence-electron chi connectivity index (χ4n) is 3.29. The summed E-state index contributed by atoms with van der Waals surface area (Å²) < 4.78 is 14.8. The second kappa shape index (κ2) is 5.71. The Morgan fingerprint density at radius 2 is 2.04 bits per heavy atom. The number of nitrogens with zero attached hydrogens (tertiary/aromatic N) is 3. The molecule has 6 heteroatoms. The Morgan fingerprint density at radius 1 is 1.12 bits per heavy atom. The van der Waals surface area contributed by atoms with Crippen molar-refractivity contribution in [3.63, 3.8) is 0 Å². The zero-order chi connectivity index (χ0) is 17.7. The molecule has 4 nitrogen and oxygen atoms in total. The fraction of sp³-hybridized carbons (Fsp3) is 0.0500. The number of hydrogen-bond acceptors (Lipinski definition) is 4. The van der Waals surface area contributed by atoms with Crippen LogP contribution >= 0.6 is 11.3 Å². The fourth-order valence-corrected chi connectivity index (χ4v) is 4.13. The van der Waals surface area contributed by atoms with Gasteiger partial charge in [0.05, 0.1) is 23.6 Å². The second-order valence-corrected chi connectivity index (χ2v) is 6.90. The van der Waals surface area contributed by atoms with Crippen LogP contribution in [0.25, 0.3) is 44.3 Å². The molecular weight excluding hydrogens is 347 g/mol. The third-order valence-electron chi connectivity index (χ3n) is 4.54. The molecule has 0 aliphatic heterocycles. The largest absolute Gasteiger partial charge is 0.338 e. The Balaban J connectivity index is 1.88. The smallest absolute Gasteiger partial charge is 0.150 e. The number of halogens is 1. The van der Waals surface area contributed by atoms with E-state index in [9.17, 15) is 4.39 Å². The van der Waals surface area contributed by atoms with Gasteiger partial charge in [-0.1, -0.05) is 0 Å². The Labute approximate surface area is 152 Å². The number of H-pyrrole nitrogens is 1. The molecule has 0 aromatic carbocycles. The Morgan fingerprint density at radius 3 is 2.81 bits per heavy atom. The third kappa shape index (κ3) is 2.23. The van der Waals surface area contributed by atoms with Crippen molar-refractivity contribution in [3.05, 3.63) is 65.1 Å². The van der Waals surface area contributed by atoms with Crippen LogP contribution in [0.15, 0.2) is 53.7 Å². The molecule has 0 amide bonds. The van der Waals surface area contributed by atoms with Gasteiger partial charge < -0.3 is 4.98 Å². The van der Waals surface area contributed by atoms with Gasteiger partial charge in [0.2, 0.25) is 0 Å². The van der Waals surface area contributed by atoms with Crippen LogP contribution in [-0.4, -0.2) is 19.9 Å². The molecule has 0 saturated heterocycles. The molecule has 0 aliphatic carbocycles. The lowest BCUT2D eigenvalue weighted by molar-refractivity contribution is 0.627. The maximum atomic E-state index is 14.8. The van der Waals surface area contributed by atoms with Crippen molar-refractivity contribution in [1.29, 1.82) is 0 Å². The first-order chi connectivity index (χ1) is 12.7. The predicted octanol–water partition coefficient (Wildman–Crippen LogP) is 5.35. The molecule has 0 saturated carbocycles. The molecule has 0 fully saturated rings. The van der Waals surface area contributed by atoms with E-state index in [4.69, 9.17) is 0 Å². The highest BCUT2D eigenvalue weighted by molar-refractivity contribution is 7.08. The van der Waals surface area contributed by atoms with Crippen LogP contribution in [0.5, 0.6) is 0 Å². The van der Waals surface area contributed by atoms with Crippen LogP contribution in [0, 0.1) is 12.7 Å². The summed E-state index contributed by atoms with van der Waals surface area (Å²) in [6.45, 7) is 2.00. The molecule has 26 heavy (non-hydrogen) atoms. The van der Waals surface area contributed by atoms with Gasteiger partial charge in [-0.2, -0.15) is 11.3 Å². The number of nitrogens with one attached hydrogen (secondary N) is 1. The zero-order valence-electron chi connectivity index (χ0n) is 13.8. The van der Waals surface area contributed by atoms with E-state index in [1.165, 1.54) is 6.20 Å². The van der Waals surface area contributed by atoms with Crippen LogP contribution in [-0.2, 0) is 0 Å². The molecule has 0 radical (unpaired) electrons. The lowest BCUT2D eigenvalue weighted by Gasteiger charge is -2.06. The van der Waals surface area contributed by atoms with Crippen molar-refractivity contribution in [1.82, 2.24) is 19.9 Å². The Kier molecular flexibility index (Phi) is 3.33.